The number of aryl methyl sites for hydroxylation is 1. The molecule has 4 aliphatic heterocycles. The molecule has 1 fully saturated rings. The second kappa shape index (κ2) is 14.4. The fourth-order valence-electron chi connectivity index (χ4n) is 8.30. The predicted octanol–water partition coefficient (Wildman–Crippen LogP) is 1.73. The lowest BCUT2D eigenvalue weighted by Gasteiger charge is -2.32. The fraction of sp³-hybridized carbons (Fsp3) is 0.333. The standard InChI is InChI=1S/C39H38F2N8O7S/c1-47-14-10-21-25(19-57(2,55)56)31(24-18-48(35-26(41)15-20(40)16-45-35)28-9-13-43-34(32(24)28)33(21)39(47)54)37(52)44-12-4-11-42-27-6-3-5-22-23(27)17-49(38(22)53)29-7-8-30(50)46-36(29)51/h3,5-6,10,14-16,18,28-29,42-43H,4,7-9,11-13,17,19H2,1-2H3,(H,44,52)(H,46,50,51). The monoisotopic (exact) mass is 800 g/mol. The lowest BCUT2D eigenvalue weighted by Crippen LogP contribution is -2.52. The van der Waals surface area contributed by atoms with E-state index in [0.717, 1.165) is 12.5 Å². The summed E-state index contributed by atoms with van der Waals surface area (Å²) in [5.74, 6) is -4.38. The van der Waals surface area contributed by atoms with E-state index in [-0.39, 0.29) is 71.4 Å². The van der Waals surface area contributed by atoms with Crippen molar-refractivity contribution in [2.75, 3.05) is 41.9 Å². The number of fused-ring (bicyclic) bond motifs is 3. The predicted molar refractivity (Wildman–Crippen MR) is 205 cm³/mol. The topological polar surface area (TPSA) is 192 Å². The van der Waals surface area contributed by atoms with Crippen LogP contribution in [-0.2, 0) is 37.8 Å². The van der Waals surface area contributed by atoms with Crippen LogP contribution in [0.25, 0.3) is 11.3 Å². The number of halogens is 2. The number of carbonyl (C=O) groups excluding carboxylic acids is 4. The Morgan fingerprint density at radius 1 is 1.05 bits per heavy atom. The molecule has 2 atom stereocenters. The first kappa shape index (κ1) is 37.7. The van der Waals surface area contributed by atoms with Crippen molar-refractivity contribution in [3.63, 3.8) is 0 Å². The number of rotatable bonds is 10. The molecular formula is C39H38F2N8O7S. The molecule has 57 heavy (non-hydrogen) atoms. The SMILES string of the molecule is Cn1ccc2c(c1=O)C1=C3C(=CN(c4ncc(F)cc4F)C3CCN1)C(C(=O)NCCCNc1cccc3c1CN(C1CCC(=O)NC1=O)C3=O)=C2CS(C)(=O)=O. The van der Waals surface area contributed by atoms with Gasteiger partial charge in [0, 0.05) is 92.3 Å². The van der Waals surface area contributed by atoms with Crippen LogP contribution in [0.1, 0.15) is 52.7 Å². The first-order chi connectivity index (χ1) is 27.2. The van der Waals surface area contributed by atoms with Crippen molar-refractivity contribution >= 4 is 56.2 Å². The zero-order valence-electron chi connectivity index (χ0n) is 30.9. The minimum absolute atomic E-state index is 0.000426. The summed E-state index contributed by atoms with van der Waals surface area (Å²) in [7, 11) is -2.24. The van der Waals surface area contributed by atoms with Crippen molar-refractivity contribution in [3.8, 4) is 0 Å². The smallest absolute Gasteiger partial charge is 0.260 e. The van der Waals surface area contributed by atoms with Crippen LogP contribution in [0.3, 0.4) is 0 Å². The van der Waals surface area contributed by atoms with Gasteiger partial charge in [0.1, 0.15) is 11.9 Å². The Morgan fingerprint density at radius 3 is 2.61 bits per heavy atom. The number of hydrogen-bond donors (Lipinski definition) is 4. The van der Waals surface area contributed by atoms with E-state index in [0.29, 0.717) is 60.1 Å². The van der Waals surface area contributed by atoms with Crippen LogP contribution in [0, 0.1) is 11.6 Å². The van der Waals surface area contributed by atoms with Crippen molar-refractivity contribution in [2.24, 2.45) is 7.05 Å². The molecule has 1 aromatic carbocycles. The summed E-state index contributed by atoms with van der Waals surface area (Å²) >= 11 is 0. The summed E-state index contributed by atoms with van der Waals surface area (Å²) in [4.78, 5) is 72.8. The van der Waals surface area contributed by atoms with E-state index in [1.54, 1.807) is 25.2 Å². The number of nitrogens with one attached hydrogen (secondary N) is 4. The maximum Gasteiger partial charge on any atom is 0.260 e. The van der Waals surface area contributed by atoms with Crippen molar-refractivity contribution in [1.82, 2.24) is 30.4 Å². The Kier molecular flexibility index (Phi) is 9.54. The first-order valence-electron chi connectivity index (χ1n) is 18.4. The van der Waals surface area contributed by atoms with Gasteiger partial charge in [-0.15, -0.1) is 0 Å². The largest absolute Gasteiger partial charge is 0.385 e. The van der Waals surface area contributed by atoms with Gasteiger partial charge in [0.05, 0.1) is 34.8 Å². The average Bonchev–Trinajstić information content (AvgIpc) is 3.66. The van der Waals surface area contributed by atoms with Gasteiger partial charge in [0.15, 0.2) is 21.5 Å². The van der Waals surface area contributed by atoms with Crippen LogP contribution in [0.5, 0.6) is 0 Å². The van der Waals surface area contributed by atoms with E-state index < -0.39 is 56.7 Å². The number of carbonyl (C=O) groups is 4. The molecule has 2 aromatic heterocycles. The zero-order valence-corrected chi connectivity index (χ0v) is 31.8. The molecule has 8 rings (SSSR count). The lowest BCUT2D eigenvalue weighted by atomic mass is 9.89. The zero-order chi connectivity index (χ0) is 40.3. The molecule has 4 amide bonds. The molecule has 15 nitrogen and oxygen atoms in total. The Bertz CT molecular complexity index is 2570. The maximum atomic E-state index is 15.3. The number of benzene rings is 1. The number of nitrogens with zero attached hydrogens (tertiary/aromatic N) is 4. The minimum Gasteiger partial charge on any atom is -0.385 e. The maximum absolute atomic E-state index is 15.3. The second-order valence-corrected chi connectivity index (χ2v) is 16.8. The average molecular weight is 801 g/mol. The van der Waals surface area contributed by atoms with Gasteiger partial charge < -0.3 is 30.3 Å². The number of anilines is 2. The molecule has 296 valence electrons. The van der Waals surface area contributed by atoms with Gasteiger partial charge in [-0.3, -0.25) is 29.3 Å². The van der Waals surface area contributed by atoms with Gasteiger partial charge in [-0.2, -0.15) is 0 Å². The van der Waals surface area contributed by atoms with Crippen molar-refractivity contribution in [3.05, 3.63) is 110 Å². The van der Waals surface area contributed by atoms with Gasteiger partial charge in [0.25, 0.3) is 17.4 Å². The van der Waals surface area contributed by atoms with Crippen molar-refractivity contribution in [2.45, 2.75) is 44.3 Å². The van der Waals surface area contributed by atoms with Crippen LogP contribution in [0.2, 0.25) is 0 Å². The molecule has 1 aliphatic carbocycles. The summed E-state index contributed by atoms with van der Waals surface area (Å²) in [5.41, 5.74) is 3.12. The second-order valence-electron chi connectivity index (χ2n) is 14.6. The van der Waals surface area contributed by atoms with E-state index in [9.17, 15) is 36.8 Å². The molecule has 3 aromatic rings. The molecule has 0 saturated carbocycles. The van der Waals surface area contributed by atoms with E-state index in [4.69, 9.17) is 0 Å². The summed E-state index contributed by atoms with van der Waals surface area (Å²) in [6.07, 6.45) is 6.10. The normalized spacial score (nSPS) is 20.1. The van der Waals surface area contributed by atoms with E-state index in [1.165, 1.54) is 26.8 Å². The molecule has 4 N–H and O–H groups in total. The molecular weight excluding hydrogens is 763 g/mol. The van der Waals surface area contributed by atoms with Gasteiger partial charge in [0.2, 0.25) is 11.8 Å². The van der Waals surface area contributed by atoms with Gasteiger partial charge in [-0.25, -0.2) is 22.2 Å². The highest BCUT2D eigenvalue weighted by Gasteiger charge is 2.44. The molecule has 1 saturated heterocycles. The fourth-order valence-corrected chi connectivity index (χ4v) is 9.13. The van der Waals surface area contributed by atoms with Gasteiger partial charge >= 0.3 is 0 Å². The highest BCUT2D eigenvalue weighted by Crippen LogP contribution is 2.47. The molecule has 0 spiro atoms. The van der Waals surface area contributed by atoms with E-state index in [1.807, 2.05) is 6.07 Å². The Labute approximate surface area is 325 Å². The summed E-state index contributed by atoms with van der Waals surface area (Å²) in [6.45, 7) is 1.01. The van der Waals surface area contributed by atoms with Crippen LogP contribution in [-0.4, -0.2) is 90.2 Å². The van der Waals surface area contributed by atoms with Crippen molar-refractivity contribution < 1.29 is 36.4 Å². The highest BCUT2D eigenvalue weighted by molar-refractivity contribution is 7.91. The number of aromatic nitrogens is 2. The quantitative estimate of drug-likeness (QED) is 0.173. The number of piperidine rings is 1. The summed E-state index contributed by atoms with van der Waals surface area (Å²) in [5, 5.41) is 11.8. The molecule has 0 bridgehead atoms. The Balaban J connectivity index is 1.08. The molecule has 0 radical (unpaired) electrons. The third-order valence-electron chi connectivity index (χ3n) is 10.8. The van der Waals surface area contributed by atoms with Crippen LogP contribution in [0.15, 0.2) is 70.4 Å². The highest BCUT2D eigenvalue weighted by atomic mass is 32.2. The number of imide groups is 1. The van der Waals surface area contributed by atoms with E-state index in [2.05, 4.69) is 26.3 Å². The van der Waals surface area contributed by atoms with Crippen LogP contribution >= 0.6 is 0 Å². The minimum atomic E-state index is -3.80. The lowest BCUT2D eigenvalue weighted by molar-refractivity contribution is -0.137. The van der Waals surface area contributed by atoms with E-state index >= 15 is 4.39 Å². The molecule has 5 aliphatic rings. The first-order valence-corrected chi connectivity index (χ1v) is 20.5. The number of pyridine rings is 2. The summed E-state index contributed by atoms with van der Waals surface area (Å²) in [6, 6.07) is 6.15. The summed E-state index contributed by atoms with van der Waals surface area (Å²) < 4.78 is 56.7. The third-order valence-corrected chi connectivity index (χ3v) is 11.6. The Morgan fingerprint density at radius 2 is 1.86 bits per heavy atom. The molecule has 2 unspecified atom stereocenters. The number of amides is 4. The van der Waals surface area contributed by atoms with Crippen molar-refractivity contribution in [1.29, 1.82) is 0 Å². The Hall–Kier alpha value is -6.17. The third kappa shape index (κ3) is 6.76. The number of hydrogen-bond acceptors (Lipinski definition) is 11. The number of sulfone groups is 1. The molecule has 6 heterocycles. The van der Waals surface area contributed by atoms with Crippen LogP contribution in [0.4, 0.5) is 20.3 Å². The van der Waals surface area contributed by atoms with Gasteiger partial charge in [-0.05, 0) is 48.6 Å². The van der Waals surface area contributed by atoms with Crippen LogP contribution < -0.4 is 31.7 Å². The van der Waals surface area contributed by atoms with Gasteiger partial charge in [-0.1, -0.05) is 6.07 Å². The molecule has 18 heteroatoms.